The molecule has 1 N–H and O–H groups in total. The second-order valence-electron chi connectivity index (χ2n) is 5.06. The molecule has 0 fully saturated rings. The van der Waals surface area contributed by atoms with Gasteiger partial charge in [-0.3, -0.25) is 4.79 Å². The fourth-order valence-electron chi connectivity index (χ4n) is 1.89. The zero-order chi connectivity index (χ0) is 15.1. The molecule has 1 aromatic carbocycles. The van der Waals surface area contributed by atoms with Gasteiger partial charge in [0.05, 0.1) is 13.2 Å². The lowest BCUT2D eigenvalue weighted by molar-refractivity contribution is -0.124. The summed E-state index contributed by atoms with van der Waals surface area (Å²) in [5, 5.41) is 2.94. The fourth-order valence-corrected chi connectivity index (χ4v) is 2.03. The van der Waals surface area contributed by atoms with Crippen molar-refractivity contribution >= 4 is 17.5 Å². The van der Waals surface area contributed by atoms with E-state index < -0.39 is 0 Å². The largest absolute Gasteiger partial charge is 0.497 e. The summed E-state index contributed by atoms with van der Waals surface area (Å²) < 4.78 is 5.24. The molecule has 5 heteroatoms. The molecule has 0 saturated heterocycles. The van der Waals surface area contributed by atoms with Crippen molar-refractivity contribution in [3.8, 4) is 5.75 Å². The maximum absolute atomic E-state index is 11.8. The summed E-state index contributed by atoms with van der Waals surface area (Å²) >= 11 is 5.69. The van der Waals surface area contributed by atoms with Crippen LogP contribution in [0.1, 0.15) is 18.5 Å². The number of benzene rings is 1. The van der Waals surface area contributed by atoms with Crippen molar-refractivity contribution in [1.29, 1.82) is 0 Å². The summed E-state index contributed by atoms with van der Waals surface area (Å²) in [5.74, 6) is 0.951. The van der Waals surface area contributed by atoms with Gasteiger partial charge in [-0.25, -0.2) is 0 Å². The number of nitrogens with zero attached hydrogens (tertiary/aromatic N) is 1. The molecule has 1 rings (SSSR count). The van der Waals surface area contributed by atoms with Gasteiger partial charge in [0.2, 0.25) is 5.91 Å². The van der Waals surface area contributed by atoms with Gasteiger partial charge in [-0.15, -0.1) is 11.6 Å². The Morgan fingerprint density at radius 2 is 2.15 bits per heavy atom. The minimum atomic E-state index is -0.176. The van der Waals surface area contributed by atoms with Crippen LogP contribution in [0.2, 0.25) is 0 Å². The number of hydrogen-bond donors (Lipinski definition) is 1. The van der Waals surface area contributed by atoms with Gasteiger partial charge in [-0.05, 0) is 31.8 Å². The zero-order valence-corrected chi connectivity index (χ0v) is 13.3. The molecule has 20 heavy (non-hydrogen) atoms. The van der Waals surface area contributed by atoms with E-state index in [9.17, 15) is 4.79 Å². The summed E-state index contributed by atoms with van der Waals surface area (Å²) in [5.41, 5.74) is 1.10. The number of likely N-dealkylation sites (N-methyl/N-ethyl adjacent to an activating group) is 1. The molecule has 2 atom stereocenters. The molecule has 0 saturated carbocycles. The van der Waals surface area contributed by atoms with Gasteiger partial charge in [0.15, 0.2) is 0 Å². The van der Waals surface area contributed by atoms with E-state index in [0.717, 1.165) is 11.3 Å². The number of nitrogens with one attached hydrogen (secondary N) is 1. The lowest BCUT2D eigenvalue weighted by Crippen LogP contribution is -2.37. The number of rotatable bonds is 7. The van der Waals surface area contributed by atoms with Crippen LogP contribution in [-0.4, -0.2) is 44.4 Å². The third kappa shape index (κ3) is 4.69. The Bertz CT molecular complexity index is 438. The Morgan fingerprint density at radius 1 is 1.45 bits per heavy atom. The number of carbonyl (C=O) groups is 1. The fraction of sp³-hybridized carbons (Fsp3) is 0.533. The van der Waals surface area contributed by atoms with Gasteiger partial charge in [-0.1, -0.05) is 19.1 Å². The van der Waals surface area contributed by atoms with Crippen molar-refractivity contribution in [2.75, 3.05) is 33.6 Å². The normalized spacial score (nSPS) is 13.9. The second-order valence-corrected chi connectivity index (χ2v) is 5.37. The summed E-state index contributed by atoms with van der Waals surface area (Å²) in [6, 6.07) is 7.97. The molecule has 0 aliphatic carbocycles. The molecular weight excluding hydrogens is 276 g/mol. The topological polar surface area (TPSA) is 41.6 Å². The highest BCUT2D eigenvalue weighted by atomic mass is 35.5. The Morgan fingerprint density at radius 3 is 2.70 bits per heavy atom. The van der Waals surface area contributed by atoms with Gasteiger partial charge < -0.3 is 15.0 Å². The minimum Gasteiger partial charge on any atom is -0.497 e. The van der Waals surface area contributed by atoms with E-state index in [-0.39, 0.29) is 17.9 Å². The summed E-state index contributed by atoms with van der Waals surface area (Å²) in [4.78, 5) is 13.9. The first-order valence-electron chi connectivity index (χ1n) is 6.63. The van der Waals surface area contributed by atoms with Crippen LogP contribution >= 0.6 is 11.6 Å². The average Bonchev–Trinajstić information content (AvgIpc) is 2.46. The van der Waals surface area contributed by atoms with E-state index in [1.54, 1.807) is 7.11 Å². The van der Waals surface area contributed by atoms with Gasteiger partial charge in [0, 0.05) is 18.3 Å². The molecule has 4 nitrogen and oxygen atoms in total. The first-order valence-corrected chi connectivity index (χ1v) is 7.17. The predicted molar refractivity (Wildman–Crippen MR) is 82.3 cm³/mol. The van der Waals surface area contributed by atoms with Crippen molar-refractivity contribution < 1.29 is 9.53 Å². The van der Waals surface area contributed by atoms with Crippen molar-refractivity contribution in [3.05, 3.63) is 29.8 Å². The van der Waals surface area contributed by atoms with Crippen LogP contribution in [-0.2, 0) is 4.79 Å². The Hall–Kier alpha value is -1.26. The van der Waals surface area contributed by atoms with Gasteiger partial charge in [0.25, 0.3) is 0 Å². The van der Waals surface area contributed by atoms with Crippen LogP contribution in [0.5, 0.6) is 5.75 Å². The summed E-state index contributed by atoms with van der Waals surface area (Å²) in [6.07, 6.45) is 0. The Kier molecular flexibility index (Phi) is 6.82. The van der Waals surface area contributed by atoms with Crippen LogP contribution in [0.3, 0.4) is 0 Å². The van der Waals surface area contributed by atoms with Gasteiger partial charge in [-0.2, -0.15) is 0 Å². The molecule has 0 heterocycles. The summed E-state index contributed by atoms with van der Waals surface area (Å²) in [6.45, 7) is 2.36. The molecule has 0 bridgehead atoms. The maximum atomic E-state index is 11.8. The Balaban J connectivity index is 2.76. The molecular formula is C15H23ClN2O2. The molecule has 0 spiro atoms. The van der Waals surface area contributed by atoms with Crippen molar-refractivity contribution in [2.45, 2.75) is 13.0 Å². The number of hydrogen-bond acceptors (Lipinski definition) is 3. The maximum Gasteiger partial charge on any atom is 0.224 e. The van der Waals surface area contributed by atoms with E-state index >= 15 is 0 Å². The van der Waals surface area contributed by atoms with E-state index in [1.165, 1.54) is 0 Å². The van der Waals surface area contributed by atoms with Crippen LogP contribution in [0, 0.1) is 5.92 Å². The van der Waals surface area contributed by atoms with E-state index in [1.807, 2.05) is 45.3 Å². The quantitative estimate of drug-likeness (QED) is 0.785. The van der Waals surface area contributed by atoms with Crippen LogP contribution in [0.25, 0.3) is 0 Å². The van der Waals surface area contributed by atoms with Gasteiger partial charge >= 0.3 is 0 Å². The van der Waals surface area contributed by atoms with Crippen molar-refractivity contribution in [1.82, 2.24) is 10.2 Å². The standard InChI is InChI=1S/C15H23ClN2O2/c1-11(9-16)15(19)17-10-14(18(2)3)12-6-5-7-13(8-12)20-4/h5-8,11,14H,9-10H2,1-4H3,(H,17,19). The molecule has 1 amide bonds. The smallest absolute Gasteiger partial charge is 0.224 e. The molecule has 1 aromatic rings. The molecule has 0 radical (unpaired) electrons. The highest BCUT2D eigenvalue weighted by Crippen LogP contribution is 2.22. The van der Waals surface area contributed by atoms with E-state index in [2.05, 4.69) is 10.2 Å². The van der Waals surface area contributed by atoms with Crippen LogP contribution < -0.4 is 10.1 Å². The number of alkyl halides is 1. The van der Waals surface area contributed by atoms with Gasteiger partial charge in [0.1, 0.15) is 5.75 Å². The first kappa shape index (κ1) is 16.8. The molecule has 0 aliphatic rings. The van der Waals surface area contributed by atoms with Crippen LogP contribution in [0.4, 0.5) is 0 Å². The lowest BCUT2D eigenvalue weighted by Gasteiger charge is -2.26. The Labute approximate surface area is 126 Å². The minimum absolute atomic E-state index is 0.0188. The van der Waals surface area contributed by atoms with E-state index in [4.69, 9.17) is 16.3 Å². The predicted octanol–water partition coefficient (Wildman–Crippen LogP) is 2.29. The average molecular weight is 299 g/mol. The first-order chi connectivity index (χ1) is 9.49. The van der Waals surface area contributed by atoms with Crippen molar-refractivity contribution in [3.63, 3.8) is 0 Å². The molecule has 0 aliphatic heterocycles. The van der Waals surface area contributed by atoms with E-state index in [0.29, 0.717) is 12.4 Å². The highest BCUT2D eigenvalue weighted by Gasteiger charge is 2.18. The van der Waals surface area contributed by atoms with Crippen LogP contribution in [0.15, 0.2) is 24.3 Å². The molecule has 0 aromatic heterocycles. The lowest BCUT2D eigenvalue weighted by atomic mass is 10.1. The number of halogens is 1. The monoisotopic (exact) mass is 298 g/mol. The molecule has 112 valence electrons. The zero-order valence-electron chi connectivity index (χ0n) is 12.5. The number of carbonyl (C=O) groups excluding carboxylic acids is 1. The third-order valence-electron chi connectivity index (χ3n) is 3.25. The SMILES string of the molecule is COc1cccc(C(CNC(=O)C(C)CCl)N(C)C)c1. The number of ether oxygens (including phenoxy) is 1. The number of amides is 1. The third-order valence-corrected chi connectivity index (χ3v) is 3.71. The second kappa shape index (κ2) is 8.12. The highest BCUT2D eigenvalue weighted by molar-refractivity contribution is 6.19. The molecule has 2 unspecified atom stereocenters. The van der Waals surface area contributed by atoms with Crippen molar-refractivity contribution in [2.24, 2.45) is 5.92 Å². The number of methoxy groups -OCH3 is 1. The summed E-state index contributed by atoms with van der Waals surface area (Å²) in [7, 11) is 5.62.